The van der Waals surface area contributed by atoms with Crippen LogP contribution in [-0.2, 0) is 22.7 Å². The average Bonchev–Trinajstić information content (AvgIpc) is 3.20. The summed E-state index contributed by atoms with van der Waals surface area (Å²) < 4.78 is 17.9. The number of benzene rings is 2. The summed E-state index contributed by atoms with van der Waals surface area (Å²) in [6.45, 7) is 0.403. The Hall–Kier alpha value is -3.41. The maximum Gasteiger partial charge on any atom is 0.309 e. The zero-order chi connectivity index (χ0) is 18.4. The van der Waals surface area contributed by atoms with Crippen LogP contribution in [0.15, 0.2) is 71.5 Å². The first-order chi connectivity index (χ1) is 12.6. The minimum atomic E-state index is -0.732. The Balaban J connectivity index is 1.47. The molecular formula is C20H17FN2O3. The normalized spacial score (nSPS) is 10.3. The predicted octanol–water partition coefficient (Wildman–Crippen LogP) is 3.02. The van der Waals surface area contributed by atoms with Crippen LogP contribution in [-0.4, -0.2) is 11.8 Å². The van der Waals surface area contributed by atoms with Gasteiger partial charge in [0.15, 0.2) is 0 Å². The Morgan fingerprint density at radius 1 is 0.769 bits per heavy atom. The highest BCUT2D eigenvalue weighted by molar-refractivity contribution is 6.35. The number of nitrogens with one attached hydrogen (secondary N) is 2. The van der Waals surface area contributed by atoms with Crippen molar-refractivity contribution in [3.63, 3.8) is 0 Å². The average molecular weight is 352 g/mol. The molecule has 0 radical (unpaired) electrons. The van der Waals surface area contributed by atoms with Crippen LogP contribution >= 0.6 is 0 Å². The summed E-state index contributed by atoms with van der Waals surface area (Å²) in [7, 11) is 0. The van der Waals surface area contributed by atoms with Gasteiger partial charge in [0.1, 0.15) is 5.82 Å². The van der Waals surface area contributed by atoms with E-state index in [1.165, 1.54) is 12.1 Å². The molecular weight excluding hydrogens is 335 g/mol. The molecule has 3 aromatic rings. The number of carbonyl (C=O) groups is 2. The smallest absolute Gasteiger partial charge is 0.309 e. The molecule has 0 aliphatic heterocycles. The Kier molecular flexibility index (Phi) is 5.43. The minimum absolute atomic E-state index is 0.159. The van der Waals surface area contributed by atoms with Gasteiger partial charge in [-0.2, -0.15) is 0 Å². The summed E-state index contributed by atoms with van der Waals surface area (Å²) in [5.74, 6) is -1.80. The molecule has 0 bridgehead atoms. The number of carbonyl (C=O) groups excluding carboxylic acids is 2. The summed E-state index contributed by atoms with van der Waals surface area (Å²) >= 11 is 0. The van der Waals surface area contributed by atoms with E-state index in [0.29, 0.717) is 5.56 Å². The molecule has 0 atom stereocenters. The lowest BCUT2D eigenvalue weighted by molar-refractivity contribution is -0.139. The zero-order valence-electron chi connectivity index (χ0n) is 13.9. The van der Waals surface area contributed by atoms with Crippen molar-refractivity contribution in [2.45, 2.75) is 13.1 Å². The molecule has 0 saturated carbocycles. The molecule has 0 spiro atoms. The summed E-state index contributed by atoms with van der Waals surface area (Å²) in [6.07, 6.45) is 3.26. The van der Waals surface area contributed by atoms with E-state index in [1.807, 2.05) is 30.3 Å². The highest BCUT2D eigenvalue weighted by Gasteiger charge is 2.12. The Labute approximate surface area is 149 Å². The summed E-state index contributed by atoms with van der Waals surface area (Å²) in [5.41, 5.74) is 3.56. The van der Waals surface area contributed by atoms with Gasteiger partial charge in [0, 0.05) is 18.7 Å². The van der Waals surface area contributed by atoms with Crippen LogP contribution in [0, 0.1) is 5.82 Å². The van der Waals surface area contributed by atoms with Gasteiger partial charge in [0.25, 0.3) is 0 Å². The molecule has 0 saturated heterocycles. The molecule has 1 heterocycles. The molecule has 2 amide bonds. The molecule has 0 aliphatic carbocycles. The Morgan fingerprint density at radius 3 is 1.81 bits per heavy atom. The Bertz CT molecular complexity index is 872. The lowest BCUT2D eigenvalue weighted by atomic mass is 10.1. The third-order valence-corrected chi connectivity index (χ3v) is 3.83. The second kappa shape index (κ2) is 8.11. The maximum atomic E-state index is 12.8. The van der Waals surface area contributed by atoms with Crippen molar-refractivity contribution < 1.29 is 18.4 Å². The molecule has 0 unspecified atom stereocenters. The number of halogens is 1. The number of hydrogen-bond donors (Lipinski definition) is 2. The van der Waals surface area contributed by atoms with Crippen molar-refractivity contribution in [3.05, 3.63) is 84.1 Å². The molecule has 132 valence electrons. The monoisotopic (exact) mass is 352 g/mol. The van der Waals surface area contributed by atoms with Gasteiger partial charge in [-0.3, -0.25) is 9.59 Å². The van der Waals surface area contributed by atoms with Crippen molar-refractivity contribution in [2.24, 2.45) is 0 Å². The van der Waals surface area contributed by atoms with Crippen LogP contribution < -0.4 is 10.6 Å². The van der Waals surface area contributed by atoms with Crippen molar-refractivity contribution in [1.82, 2.24) is 10.6 Å². The molecule has 1 aromatic heterocycles. The predicted molar refractivity (Wildman–Crippen MR) is 94.2 cm³/mol. The molecule has 2 aromatic carbocycles. The first-order valence-corrected chi connectivity index (χ1v) is 8.04. The van der Waals surface area contributed by atoms with E-state index in [2.05, 4.69) is 10.6 Å². The molecule has 2 N–H and O–H groups in total. The van der Waals surface area contributed by atoms with Gasteiger partial charge in [-0.15, -0.1) is 0 Å². The van der Waals surface area contributed by atoms with Crippen LogP contribution in [0.3, 0.4) is 0 Å². The van der Waals surface area contributed by atoms with Crippen LogP contribution in [0.2, 0.25) is 0 Å². The van der Waals surface area contributed by atoms with Gasteiger partial charge in [0.05, 0.1) is 12.5 Å². The fourth-order valence-corrected chi connectivity index (χ4v) is 2.37. The SMILES string of the molecule is O=C(NCc1ccc(F)cc1)C(=O)NCc1ccc(-c2ccoc2)cc1. The van der Waals surface area contributed by atoms with E-state index >= 15 is 0 Å². The van der Waals surface area contributed by atoms with Crippen LogP contribution in [0.1, 0.15) is 11.1 Å². The van der Waals surface area contributed by atoms with Gasteiger partial charge in [-0.25, -0.2) is 4.39 Å². The zero-order valence-corrected chi connectivity index (χ0v) is 13.9. The number of amides is 2. The number of furan rings is 1. The van der Waals surface area contributed by atoms with Gasteiger partial charge >= 0.3 is 11.8 Å². The van der Waals surface area contributed by atoms with Gasteiger partial charge in [-0.05, 0) is 34.9 Å². The van der Waals surface area contributed by atoms with E-state index in [4.69, 9.17) is 4.42 Å². The summed E-state index contributed by atoms with van der Waals surface area (Å²) in [5, 5.41) is 5.07. The fraction of sp³-hybridized carbons (Fsp3) is 0.100. The molecule has 0 fully saturated rings. The second-order valence-electron chi connectivity index (χ2n) is 5.70. The van der Waals surface area contributed by atoms with Gasteiger partial charge < -0.3 is 15.1 Å². The highest BCUT2D eigenvalue weighted by Crippen LogP contribution is 2.19. The first kappa shape index (κ1) is 17.4. The van der Waals surface area contributed by atoms with Crippen LogP contribution in [0.5, 0.6) is 0 Å². The van der Waals surface area contributed by atoms with Crippen molar-refractivity contribution >= 4 is 11.8 Å². The molecule has 26 heavy (non-hydrogen) atoms. The minimum Gasteiger partial charge on any atom is -0.472 e. The molecule has 3 rings (SSSR count). The van der Waals surface area contributed by atoms with Gasteiger partial charge in [0.2, 0.25) is 0 Å². The van der Waals surface area contributed by atoms with E-state index in [9.17, 15) is 14.0 Å². The quantitative estimate of drug-likeness (QED) is 0.694. The number of hydrogen-bond acceptors (Lipinski definition) is 3. The molecule has 6 heteroatoms. The lowest BCUT2D eigenvalue weighted by Crippen LogP contribution is -2.39. The third kappa shape index (κ3) is 4.57. The topological polar surface area (TPSA) is 71.3 Å². The molecule has 5 nitrogen and oxygen atoms in total. The standard InChI is InChI=1S/C20H17FN2O3/c21-18-7-3-15(4-8-18)12-23-20(25)19(24)22-11-14-1-5-16(6-2-14)17-9-10-26-13-17/h1-10,13H,11-12H2,(H,22,24)(H,23,25). The second-order valence-corrected chi connectivity index (χ2v) is 5.70. The number of rotatable bonds is 5. The van der Waals surface area contributed by atoms with E-state index in [1.54, 1.807) is 24.7 Å². The first-order valence-electron chi connectivity index (χ1n) is 8.04. The third-order valence-electron chi connectivity index (χ3n) is 3.83. The lowest BCUT2D eigenvalue weighted by Gasteiger charge is -2.07. The fourth-order valence-electron chi connectivity index (χ4n) is 2.37. The van der Waals surface area contributed by atoms with Crippen molar-refractivity contribution in [3.8, 4) is 11.1 Å². The van der Waals surface area contributed by atoms with Crippen molar-refractivity contribution in [2.75, 3.05) is 0 Å². The van der Waals surface area contributed by atoms with Crippen molar-refractivity contribution in [1.29, 1.82) is 0 Å². The van der Waals surface area contributed by atoms with Gasteiger partial charge in [-0.1, -0.05) is 36.4 Å². The van der Waals surface area contributed by atoms with Crippen LogP contribution in [0.25, 0.3) is 11.1 Å². The molecule has 0 aliphatic rings. The van der Waals surface area contributed by atoms with Crippen LogP contribution in [0.4, 0.5) is 4.39 Å². The highest BCUT2D eigenvalue weighted by atomic mass is 19.1. The van der Waals surface area contributed by atoms with E-state index in [-0.39, 0.29) is 18.9 Å². The summed E-state index contributed by atoms with van der Waals surface area (Å²) in [4.78, 5) is 23.7. The summed E-state index contributed by atoms with van der Waals surface area (Å²) in [6, 6.07) is 15.1. The Morgan fingerprint density at radius 2 is 1.31 bits per heavy atom. The largest absolute Gasteiger partial charge is 0.472 e. The van der Waals surface area contributed by atoms with E-state index in [0.717, 1.165) is 16.7 Å². The van der Waals surface area contributed by atoms with E-state index < -0.39 is 11.8 Å². The maximum absolute atomic E-state index is 12.8.